The van der Waals surface area contributed by atoms with Crippen LogP contribution in [0, 0.1) is 5.92 Å². The minimum atomic E-state index is -0.364. The molecule has 250 valence electrons. The van der Waals surface area contributed by atoms with Gasteiger partial charge < -0.3 is 15.3 Å². The fourth-order valence-electron chi connectivity index (χ4n) is 4.82. The van der Waals surface area contributed by atoms with Crippen LogP contribution in [0.15, 0.2) is 0 Å². The van der Waals surface area contributed by atoms with E-state index in [1.807, 2.05) is 0 Å². The highest BCUT2D eigenvalue weighted by Gasteiger charge is 2.08. The number of carbonyl (C=O) groups excluding carboxylic acids is 3. The summed E-state index contributed by atoms with van der Waals surface area (Å²) in [5.41, 5.74) is 5.63. The van der Waals surface area contributed by atoms with Crippen LogP contribution in [0.4, 0.5) is 0 Å². The van der Waals surface area contributed by atoms with Crippen LogP contribution in [0.1, 0.15) is 182 Å². The molecule has 0 aliphatic carbocycles. The summed E-state index contributed by atoms with van der Waals surface area (Å²) in [6.45, 7) is 8.78. The van der Waals surface area contributed by atoms with Gasteiger partial charge in [-0.1, -0.05) is 143 Å². The molecule has 2 atom stereocenters. The molecule has 6 heteroatoms. The normalized spacial score (nSPS) is 12.3. The van der Waals surface area contributed by atoms with Crippen LogP contribution in [0.3, 0.4) is 0 Å². The van der Waals surface area contributed by atoms with Gasteiger partial charge in [0, 0.05) is 11.7 Å². The minimum Gasteiger partial charge on any atom is -0.466 e. The molecule has 0 aromatic heterocycles. The molecule has 0 amide bonds. The molecular formula is C36H71NO4S. The Morgan fingerprint density at radius 1 is 0.643 bits per heavy atom. The van der Waals surface area contributed by atoms with Crippen molar-refractivity contribution in [1.82, 2.24) is 0 Å². The number of ketones is 1. The van der Waals surface area contributed by atoms with Gasteiger partial charge in [0.05, 0.1) is 19.1 Å². The molecular weight excluding hydrogens is 542 g/mol. The first kappa shape index (κ1) is 43.2. The highest BCUT2D eigenvalue weighted by atomic mass is 32.2. The lowest BCUT2D eigenvalue weighted by molar-refractivity contribution is -0.143. The third kappa shape index (κ3) is 35.3. The quantitative estimate of drug-likeness (QED) is 0.0475. The van der Waals surface area contributed by atoms with E-state index in [-0.39, 0.29) is 17.8 Å². The SMILES string of the molecule is CCCCCCCCCCC(C=O)CCCCCCCC.CCCCCCCCOC(=O)CCSCCC(N)C(C)=O. The Hall–Kier alpha value is -0.880. The molecule has 0 aromatic carbocycles. The van der Waals surface area contributed by atoms with Gasteiger partial charge >= 0.3 is 5.97 Å². The molecule has 42 heavy (non-hydrogen) atoms. The van der Waals surface area contributed by atoms with Gasteiger partial charge in [-0.05, 0) is 38.4 Å². The van der Waals surface area contributed by atoms with Crippen molar-refractivity contribution in [2.75, 3.05) is 18.1 Å². The van der Waals surface area contributed by atoms with Crippen molar-refractivity contribution in [1.29, 1.82) is 0 Å². The summed E-state index contributed by atoms with van der Waals surface area (Å²) in [6, 6.07) is -0.364. The molecule has 0 rings (SSSR count). The fraction of sp³-hybridized carbons (Fsp3) is 0.917. The van der Waals surface area contributed by atoms with Crippen LogP contribution in [0.5, 0.6) is 0 Å². The van der Waals surface area contributed by atoms with Gasteiger partial charge in [0.1, 0.15) is 12.1 Å². The molecule has 0 bridgehead atoms. The molecule has 2 N–H and O–H groups in total. The third-order valence-electron chi connectivity index (χ3n) is 7.86. The second-order valence-corrected chi connectivity index (χ2v) is 13.3. The molecule has 0 heterocycles. The summed E-state index contributed by atoms with van der Waals surface area (Å²) in [5, 5.41) is 0. The summed E-state index contributed by atoms with van der Waals surface area (Å²) in [4.78, 5) is 33.5. The Labute approximate surface area is 266 Å². The van der Waals surface area contributed by atoms with E-state index in [4.69, 9.17) is 10.5 Å². The first-order valence-corrected chi connectivity index (χ1v) is 19.0. The van der Waals surface area contributed by atoms with E-state index in [1.165, 1.54) is 129 Å². The Balaban J connectivity index is 0. The van der Waals surface area contributed by atoms with Crippen LogP contribution in [0.2, 0.25) is 0 Å². The van der Waals surface area contributed by atoms with Crippen molar-refractivity contribution in [3.63, 3.8) is 0 Å². The Morgan fingerprint density at radius 2 is 1.07 bits per heavy atom. The van der Waals surface area contributed by atoms with E-state index >= 15 is 0 Å². The van der Waals surface area contributed by atoms with E-state index in [1.54, 1.807) is 11.8 Å². The maximum absolute atomic E-state index is 11.5. The van der Waals surface area contributed by atoms with Crippen molar-refractivity contribution in [3.8, 4) is 0 Å². The Bertz CT molecular complexity index is 587. The molecule has 0 aliphatic rings. The standard InChI is InChI=1S/C20H40O.C16H31NO3S/c1-3-5-7-9-11-12-14-16-18-20(19-21)17-15-13-10-8-6-4-2;1-3-4-5-6-7-8-11-20-16(19)10-13-21-12-9-15(17)14(2)18/h19-20H,3-18H2,1-2H3;15H,3-13,17H2,1-2H3. The molecule has 5 nitrogen and oxygen atoms in total. The van der Waals surface area contributed by atoms with E-state index in [0.717, 1.165) is 37.2 Å². The number of hydrogen-bond acceptors (Lipinski definition) is 6. The lowest BCUT2D eigenvalue weighted by Gasteiger charge is -2.10. The number of nitrogens with two attached hydrogens (primary N) is 1. The summed E-state index contributed by atoms with van der Waals surface area (Å²) in [7, 11) is 0. The topological polar surface area (TPSA) is 86.5 Å². The number of rotatable bonds is 31. The molecule has 0 saturated carbocycles. The smallest absolute Gasteiger partial charge is 0.306 e. The molecule has 0 fully saturated rings. The monoisotopic (exact) mass is 614 g/mol. The number of thioether (sulfide) groups is 1. The zero-order chi connectivity index (χ0) is 31.5. The predicted octanol–water partition coefficient (Wildman–Crippen LogP) is 10.4. The number of carbonyl (C=O) groups is 3. The number of esters is 1. The van der Waals surface area contributed by atoms with Gasteiger partial charge in [-0.25, -0.2) is 0 Å². The van der Waals surface area contributed by atoms with Gasteiger partial charge in [0.15, 0.2) is 0 Å². The number of aldehydes is 1. The summed E-state index contributed by atoms with van der Waals surface area (Å²) >= 11 is 1.65. The van der Waals surface area contributed by atoms with Crippen molar-refractivity contribution < 1.29 is 19.1 Å². The molecule has 0 saturated heterocycles. The number of ether oxygens (including phenoxy) is 1. The van der Waals surface area contributed by atoms with Gasteiger partial charge in [-0.2, -0.15) is 11.8 Å². The predicted molar refractivity (Wildman–Crippen MR) is 184 cm³/mol. The van der Waals surface area contributed by atoms with Gasteiger partial charge in [-0.15, -0.1) is 0 Å². The lowest BCUT2D eigenvalue weighted by Crippen LogP contribution is -2.28. The molecule has 0 aliphatic heterocycles. The first-order chi connectivity index (χ1) is 20.4. The maximum Gasteiger partial charge on any atom is 0.306 e. The van der Waals surface area contributed by atoms with Crippen molar-refractivity contribution in [2.45, 2.75) is 188 Å². The van der Waals surface area contributed by atoms with Crippen LogP contribution in [0.25, 0.3) is 0 Å². The van der Waals surface area contributed by atoms with Crippen LogP contribution in [-0.2, 0) is 19.1 Å². The average Bonchev–Trinajstić information content (AvgIpc) is 2.98. The van der Waals surface area contributed by atoms with E-state index in [0.29, 0.717) is 25.4 Å². The third-order valence-corrected chi connectivity index (χ3v) is 8.87. The largest absolute Gasteiger partial charge is 0.466 e. The van der Waals surface area contributed by atoms with Crippen LogP contribution >= 0.6 is 11.8 Å². The Kier molecular flexibility index (Phi) is 37.4. The number of unbranched alkanes of at least 4 members (excludes halogenated alkanes) is 17. The van der Waals surface area contributed by atoms with Crippen molar-refractivity contribution in [2.24, 2.45) is 11.7 Å². The van der Waals surface area contributed by atoms with Gasteiger partial charge in [0.2, 0.25) is 0 Å². The Morgan fingerprint density at radius 3 is 1.50 bits per heavy atom. The zero-order valence-electron chi connectivity index (χ0n) is 28.4. The van der Waals surface area contributed by atoms with E-state index in [2.05, 4.69) is 20.8 Å². The highest BCUT2D eigenvalue weighted by Crippen LogP contribution is 2.18. The lowest BCUT2D eigenvalue weighted by atomic mass is 9.95. The maximum atomic E-state index is 11.5. The zero-order valence-corrected chi connectivity index (χ0v) is 29.3. The van der Waals surface area contributed by atoms with E-state index in [9.17, 15) is 14.4 Å². The summed E-state index contributed by atoms with van der Waals surface area (Å²) < 4.78 is 5.18. The number of Topliss-reactive ketones (excluding diaryl/α,β-unsaturated/α-hetero) is 1. The summed E-state index contributed by atoms with van der Waals surface area (Å²) in [5.74, 6) is 1.79. The van der Waals surface area contributed by atoms with Gasteiger partial charge in [0.25, 0.3) is 0 Å². The highest BCUT2D eigenvalue weighted by molar-refractivity contribution is 7.99. The summed E-state index contributed by atoms with van der Waals surface area (Å²) in [6.07, 6.45) is 30.6. The molecule has 0 radical (unpaired) electrons. The van der Waals surface area contributed by atoms with E-state index < -0.39 is 0 Å². The van der Waals surface area contributed by atoms with Gasteiger partial charge in [-0.3, -0.25) is 9.59 Å². The second kappa shape index (κ2) is 36.3. The minimum absolute atomic E-state index is 0.0222. The second-order valence-electron chi connectivity index (χ2n) is 12.1. The number of hydrogen-bond donors (Lipinski definition) is 1. The van der Waals surface area contributed by atoms with Crippen molar-refractivity contribution >= 4 is 29.8 Å². The average molecular weight is 614 g/mol. The molecule has 0 aromatic rings. The first-order valence-electron chi connectivity index (χ1n) is 17.9. The fourth-order valence-corrected chi connectivity index (χ4v) is 5.76. The van der Waals surface area contributed by atoms with Crippen molar-refractivity contribution in [3.05, 3.63) is 0 Å². The molecule has 2 unspecified atom stereocenters. The van der Waals surface area contributed by atoms with Crippen LogP contribution in [-0.4, -0.2) is 42.2 Å². The molecule has 0 spiro atoms. The van der Waals surface area contributed by atoms with Crippen LogP contribution < -0.4 is 5.73 Å².